The molecule has 0 amide bonds. The van der Waals surface area contributed by atoms with Gasteiger partial charge in [0, 0.05) is 11.6 Å². The van der Waals surface area contributed by atoms with E-state index in [9.17, 15) is 10.1 Å². The molecule has 1 aromatic carbocycles. The zero-order valence-electron chi connectivity index (χ0n) is 10.1. The molecule has 1 aromatic heterocycles. The van der Waals surface area contributed by atoms with Crippen molar-refractivity contribution in [2.75, 3.05) is 5.73 Å². The van der Waals surface area contributed by atoms with Gasteiger partial charge in [-0.1, -0.05) is 18.1 Å². The lowest BCUT2D eigenvalue weighted by Gasteiger charge is -2.02. The van der Waals surface area contributed by atoms with E-state index in [2.05, 4.69) is 5.16 Å². The Morgan fingerprint density at radius 1 is 1.50 bits per heavy atom. The molecule has 6 heteroatoms. The lowest BCUT2D eigenvalue weighted by Crippen LogP contribution is -1.95. The topological polar surface area (TPSA) is 95.2 Å². The maximum Gasteiger partial charge on any atom is 0.278 e. The number of nitro benzene ring substituents is 1. The third-order valence-electron chi connectivity index (χ3n) is 2.78. The van der Waals surface area contributed by atoms with Gasteiger partial charge in [0.15, 0.2) is 0 Å². The molecule has 0 unspecified atom stereocenters. The van der Waals surface area contributed by atoms with Crippen LogP contribution >= 0.6 is 0 Å². The lowest BCUT2D eigenvalue weighted by atomic mass is 10.0. The Kier molecular flexibility index (Phi) is 3.01. The summed E-state index contributed by atoms with van der Waals surface area (Å²) >= 11 is 0. The Hall–Kier alpha value is -2.37. The van der Waals surface area contributed by atoms with E-state index < -0.39 is 4.92 Å². The van der Waals surface area contributed by atoms with E-state index in [4.69, 9.17) is 10.3 Å². The second kappa shape index (κ2) is 4.48. The Bertz CT molecular complexity index is 605. The molecule has 2 N–H and O–H groups in total. The van der Waals surface area contributed by atoms with Gasteiger partial charge in [-0.3, -0.25) is 10.1 Å². The first kappa shape index (κ1) is 12.1. The molecule has 6 nitrogen and oxygen atoms in total. The van der Waals surface area contributed by atoms with Gasteiger partial charge in [-0.15, -0.1) is 0 Å². The zero-order chi connectivity index (χ0) is 13.3. The smallest absolute Gasteiger partial charge is 0.278 e. The van der Waals surface area contributed by atoms with Crippen LogP contribution in [0.15, 0.2) is 22.7 Å². The number of aryl methyl sites for hydroxylation is 1. The second-order valence-electron chi connectivity index (χ2n) is 4.01. The van der Waals surface area contributed by atoms with Gasteiger partial charge in [-0.25, -0.2) is 0 Å². The number of nitrogens with two attached hydrogens (primary N) is 1. The fraction of sp³-hybridized carbons (Fsp3) is 0.250. The van der Waals surface area contributed by atoms with Gasteiger partial charge in [-0.2, -0.15) is 0 Å². The number of anilines is 1. The normalized spacial score (nSPS) is 10.6. The first-order valence-corrected chi connectivity index (χ1v) is 5.54. The summed E-state index contributed by atoms with van der Waals surface area (Å²) in [6.45, 7) is 3.76. The highest BCUT2D eigenvalue weighted by molar-refractivity contribution is 5.75. The average molecular weight is 247 g/mol. The van der Waals surface area contributed by atoms with Crippen LogP contribution in [0.1, 0.15) is 18.1 Å². The number of nitro groups is 1. The van der Waals surface area contributed by atoms with Crippen LogP contribution in [-0.4, -0.2) is 10.1 Å². The van der Waals surface area contributed by atoms with Crippen LogP contribution in [0.25, 0.3) is 11.3 Å². The summed E-state index contributed by atoms with van der Waals surface area (Å²) < 4.78 is 4.92. The second-order valence-corrected chi connectivity index (χ2v) is 4.01. The Labute approximate surface area is 104 Å². The third-order valence-corrected chi connectivity index (χ3v) is 2.78. The molecule has 2 rings (SSSR count). The van der Waals surface area contributed by atoms with E-state index in [0.29, 0.717) is 23.2 Å². The van der Waals surface area contributed by atoms with Crippen LogP contribution in [0.3, 0.4) is 0 Å². The number of rotatable bonds is 3. The van der Waals surface area contributed by atoms with E-state index in [-0.39, 0.29) is 11.6 Å². The first-order chi connectivity index (χ1) is 8.54. The molecule has 2 aromatic rings. The van der Waals surface area contributed by atoms with Gasteiger partial charge in [-0.05, 0) is 25.0 Å². The minimum atomic E-state index is -0.431. The van der Waals surface area contributed by atoms with E-state index >= 15 is 0 Å². The molecule has 0 saturated heterocycles. The largest absolute Gasteiger partial charge is 0.367 e. The van der Waals surface area contributed by atoms with Crippen LogP contribution < -0.4 is 5.73 Å². The quantitative estimate of drug-likeness (QED) is 0.664. The van der Waals surface area contributed by atoms with Crippen molar-refractivity contribution in [1.29, 1.82) is 0 Å². The predicted octanol–water partition coefficient (Wildman–Crippen LogP) is 2.70. The number of hydrogen-bond donors (Lipinski definition) is 1. The predicted molar refractivity (Wildman–Crippen MR) is 67.1 cm³/mol. The van der Waals surface area contributed by atoms with Crippen molar-refractivity contribution < 1.29 is 9.45 Å². The zero-order valence-corrected chi connectivity index (χ0v) is 10.1. The van der Waals surface area contributed by atoms with Crippen LogP contribution in [-0.2, 0) is 6.42 Å². The maximum atomic E-state index is 11.0. The molecule has 18 heavy (non-hydrogen) atoms. The molecular weight excluding hydrogens is 234 g/mol. The van der Waals surface area contributed by atoms with Crippen molar-refractivity contribution >= 4 is 11.6 Å². The molecule has 0 bridgehead atoms. The summed E-state index contributed by atoms with van der Waals surface area (Å²) in [5, 5.41) is 14.9. The first-order valence-electron chi connectivity index (χ1n) is 5.54. The number of nitrogens with zero attached hydrogens (tertiary/aromatic N) is 2. The molecule has 0 aliphatic heterocycles. The molecule has 94 valence electrons. The summed E-state index contributed by atoms with van der Waals surface area (Å²) in [5.41, 5.74) is 8.16. The molecule has 0 fully saturated rings. The van der Waals surface area contributed by atoms with Gasteiger partial charge < -0.3 is 10.3 Å². The maximum absolute atomic E-state index is 11.0. The standard InChI is InChI=1S/C12H13N3O3/c1-3-8-11(14-18-12(8)13)9-6-7(2)4-5-10(9)15(16)17/h4-6H,3,13H2,1-2H3. The third kappa shape index (κ3) is 1.92. The summed E-state index contributed by atoms with van der Waals surface area (Å²) in [4.78, 5) is 10.6. The van der Waals surface area contributed by atoms with E-state index in [0.717, 1.165) is 5.56 Å². The molecule has 0 atom stereocenters. The van der Waals surface area contributed by atoms with Crippen molar-refractivity contribution in [3.05, 3.63) is 39.4 Å². The summed E-state index contributed by atoms with van der Waals surface area (Å²) in [5.74, 6) is 0.211. The molecule has 0 aliphatic carbocycles. The van der Waals surface area contributed by atoms with Crippen molar-refractivity contribution in [2.24, 2.45) is 0 Å². The number of benzene rings is 1. The minimum Gasteiger partial charge on any atom is -0.367 e. The molecule has 1 heterocycles. The molecule has 0 saturated carbocycles. The highest BCUT2D eigenvalue weighted by atomic mass is 16.6. The molecular formula is C12H13N3O3. The van der Waals surface area contributed by atoms with Crippen LogP contribution in [0, 0.1) is 17.0 Å². The van der Waals surface area contributed by atoms with Gasteiger partial charge >= 0.3 is 0 Å². The van der Waals surface area contributed by atoms with E-state index in [1.807, 2.05) is 13.8 Å². The van der Waals surface area contributed by atoms with E-state index in [1.165, 1.54) is 6.07 Å². The summed E-state index contributed by atoms with van der Waals surface area (Å²) in [6, 6.07) is 4.88. The van der Waals surface area contributed by atoms with Crippen molar-refractivity contribution in [3.63, 3.8) is 0 Å². The Morgan fingerprint density at radius 3 is 2.83 bits per heavy atom. The number of hydrogen-bond acceptors (Lipinski definition) is 5. The number of nitrogen functional groups attached to an aromatic ring is 1. The van der Waals surface area contributed by atoms with Crippen molar-refractivity contribution in [1.82, 2.24) is 5.16 Å². The van der Waals surface area contributed by atoms with Crippen LogP contribution in [0.4, 0.5) is 11.6 Å². The van der Waals surface area contributed by atoms with Crippen LogP contribution in [0.2, 0.25) is 0 Å². The van der Waals surface area contributed by atoms with Crippen molar-refractivity contribution in [3.8, 4) is 11.3 Å². The highest BCUT2D eigenvalue weighted by Gasteiger charge is 2.22. The Balaban J connectivity index is 2.69. The average Bonchev–Trinajstić information content (AvgIpc) is 2.69. The van der Waals surface area contributed by atoms with Crippen molar-refractivity contribution in [2.45, 2.75) is 20.3 Å². The molecule has 0 aliphatic rings. The SMILES string of the molecule is CCc1c(-c2cc(C)ccc2[N+](=O)[O-])noc1N. The monoisotopic (exact) mass is 247 g/mol. The fourth-order valence-electron chi connectivity index (χ4n) is 1.87. The summed E-state index contributed by atoms with van der Waals surface area (Å²) in [7, 11) is 0. The van der Waals surface area contributed by atoms with Gasteiger partial charge in [0.2, 0.25) is 5.88 Å². The fourth-order valence-corrected chi connectivity index (χ4v) is 1.87. The summed E-state index contributed by atoms with van der Waals surface area (Å²) in [6.07, 6.45) is 0.607. The van der Waals surface area contributed by atoms with E-state index in [1.54, 1.807) is 12.1 Å². The van der Waals surface area contributed by atoms with Gasteiger partial charge in [0.1, 0.15) is 5.69 Å². The number of aromatic nitrogens is 1. The Morgan fingerprint density at radius 2 is 2.22 bits per heavy atom. The highest BCUT2D eigenvalue weighted by Crippen LogP contribution is 2.34. The van der Waals surface area contributed by atoms with Crippen LogP contribution in [0.5, 0.6) is 0 Å². The molecule has 0 radical (unpaired) electrons. The lowest BCUT2D eigenvalue weighted by molar-refractivity contribution is -0.384. The minimum absolute atomic E-state index is 0.00333. The molecule has 0 spiro atoms. The van der Waals surface area contributed by atoms with Gasteiger partial charge in [0.05, 0.1) is 10.5 Å². The van der Waals surface area contributed by atoms with Gasteiger partial charge in [0.25, 0.3) is 5.69 Å².